The summed E-state index contributed by atoms with van der Waals surface area (Å²) in [6, 6.07) is 12.1. The van der Waals surface area contributed by atoms with Crippen LogP contribution < -0.4 is 4.90 Å². The molecule has 9 heteroatoms. The molecule has 0 saturated carbocycles. The van der Waals surface area contributed by atoms with E-state index in [4.69, 9.17) is 4.74 Å². The Kier molecular flexibility index (Phi) is 6.66. The number of carboxylic acids is 1. The summed E-state index contributed by atoms with van der Waals surface area (Å²) in [5.74, 6) is -1.06. The van der Waals surface area contributed by atoms with E-state index in [1.54, 1.807) is 6.20 Å². The second-order valence-corrected chi connectivity index (χ2v) is 8.97. The molecule has 2 fully saturated rings. The van der Waals surface area contributed by atoms with Gasteiger partial charge in [0.2, 0.25) is 0 Å². The van der Waals surface area contributed by atoms with Crippen molar-refractivity contribution in [3.63, 3.8) is 0 Å². The van der Waals surface area contributed by atoms with Crippen LogP contribution in [0.2, 0.25) is 0 Å². The summed E-state index contributed by atoms with van der Waals surface area (Å²) in [7, 11) is 0. The van der Waals surface area contributed by atoms with Gasteiger partial charge in [-0.05, 0) is 53.2 Å². The minimum Gasteiger partial charge on any atom is -0.771 e. The third-order valence-electron chi connectivity index (χ3n) is 6.34. The highest BCUT2D eigenvalue weighted by atomic mass is 32.2. The van der Waals surface area contributed by atoms with Crippen LogP contribution in [0.5, 0.6) is 0 Å². The molecule has 0 aliphatic carbocycles. The van der Waals surface area contributed by atoms with Crippen LogP contribution in [0.15, 0.2) is 48.8 Å². The summed E-state index contributed by atoms with van der Waals surface area (Å²) in [6.45, 7) is 2.77. The number of aliphatic carboxylic acids is 1. The zero-order chi connectivity index (χ0) is 21.8. The van der Waals surface area contributed by atoms with Crippen LogP contribution in [0.25, 0.3) is 11.1 Å². The average Bonchev–Trinajstić information content (AvgIpc) is 2.81. The van der Waals surface area contributed by atoms with Crippen LogP contribution >= 0.6 is 0 Å². The Morgan fingerprint density at radius 3 is 2.32 bits per heavy atom. The van der Waals surface area contributed by atoms with Crippen molar-refractivity contribution < 1.29 is 23.4 Å². The molecule has 8 nitrogen and oxygen atoms in total. The molecular weight excluding hydrogens is 418 g/mol. The molecule has 1 aromatic carbocycles. The first-order valence-corrected chi connectivity index (χ1v) is 11.5. The van der Waals surface area contributed by atoms with Crippen molar-refractivity contribution in [2.24, 2.45) is 5.41 Å². The number of piperazine rings is 1. The lowest BCUT2D eigenvalue weighted by molar-refractivity contribution is -0.158. The Balaban J connectivity index is 1.45. The van der Waals surface area contributed by atoms with E-state index in [9.17, 15) is 18.7 Å². The summed E-state index contributed by atoms with van der Waals surface area (Å²) in [6.07, 6.45) is 3.98. The van der Waals surface area contributed by atoms with Crippen molar-refractivity contribution in [3.8, 4) is 11.1 Å². The van der Waals surface area contributed by atoms with Gasteiger partial charge in [0.05, 0.1) is 10.8 Å². The third kappa shape index (κ3) is 4.50. The van der Waals surface area contributed by atoms with Gasteiger partial charge in [0.1, 0.15) is 0 Å². The number of hydrogen-bond acceptors (Lipinski definition) is 7. The molecule has 2 aromatic rings. The zero-order valence-electron chi connectivity index (χ0n) is 17.2. The molecule has 4 rings (SSSR count). The molecule has 0 amide bonds. The molecule has 1 N–H and O–H groups in total. The van der Waals surface area contributed by atoms with E-state index in [2.05, 4.69) is 34.1 Å². The molecule has 0 bridgehead atoms. The normalized spacial score (nSPS) is 21.4. The van der Waals surface area contributed by atoms with E-state index in [1.807, 2.05) is 23.2 Å². The molecule has 2 unspecified atom stereocenters. The van der Waals surface area contributed by atoms with Gasteiger partial charge in [-0.15, -0.1) is 0 Å². The molecule has 0 radical (unpaired) electrons. The number of hydrogen-bond donors (Lipinski definition) is 1. The van der Waals surface area contributed by atoms with Gasteiger partial charge in [0, 0.05) is 57.5 Å². The van der Waals surface area contributed by atoms with E-state index in [1.165, 1.54) is 0 Å². The number of nitrogens with zero attached hydrogens (tertiary/aromatic N) is 3. The lowest BCUT2D eigenvalue weighted by Gasteiger charge is -2.48. The second kappa shape index (κ2) is 9.44. The maximum atomic E-state index is 12.2. The SMILES string of the molecule is O=C(O)C1(C(N2CCN(c3ccc(-c4cccnc4)cc3)CC2)S(=O)[O-])CCOCC1. The van der Waals surface area contributed by atoms with Gasteiger partial charge >= 0.3 is 5.97 Å². The number of rotatable bonds is 6. The Morgan fingerprint density at radius 2 is 1.77 bits per heavy atom. The number of carboxylic acid groups (broad SMARTS) is 1. The highest BCUT2D eigenvalue weighted by Gasteiger charge is 2.50. The van der Waals surface area contributed by atoms with E-state index < -0.39 is 27.8 Å². The lowest BCUT2D eigenvalue weighted by atomic mass is 9.79. The number of carbonyl (C=O) groups is 1. The molecule has 2 atom stereocenters. The van der Waals surface area contributed by atoms with Gasteiger partial charge in [-0.1, -0.05) is 18.2 Å². The lowest BCUT2D eigenvalue weighted by Crippen LogP contribution is -2.60. The zero-order valence-corrected chi connectivity index (χ0v) is 18.0. The molecule has 166 valence electrons. The molecular formula is C22H26N3O5S-. The van der Waals surface area contributed by atoms with Crippen LogP contribution in [0.4, 0.5) is 5.69 Å². The maximum Gasteiger partial charge on any atom is 0.312 e. The van der Waals surface area contributed by atoms with Crippen molar-refractivity contribution in [3.05, 3.63) is 48.8 Å². The minimum atomic E-state index is -2.52. The first-order chi connectivity index (χ1) is 15.0. The summed E-state index contributed by atoms with van der Waals surface area (Å²) >= 11 is -2.52. The van der Waals surface area contributed by atoms with Gasteiger partial charge < -0.3 is 19.3 Å². The van der Waals surface area contributed by atoms with Gasteiger partial charge in [0.25, 0.3) is 0 Å². The number of ether oxygens (including phenoxy) is 1. The van der Waals surface area contributed by atoms with Crippen molar-refractivity contribution in [1.82, 2.24) is 9.88 Å². The van der Waals surface area contributed by atoms with Gasteiger partial charge in [-0.3, -0.25) is 18.9 Å². The molecule has 0 spiro atoms. The van der Waals surface area contributed by atoms with E-state index in [0.717, 1.165) is 16.8 Å². The summed E-state index contributed by atoms with van der Waals surface area (Å²) < 4.78 is 29.6. The smallest absolute Gasteiger partial charge is 0.312 e. The first-order valence-electron chi connectivity index (χ1n) is 10.4. The predicted octanol–water partition coefficient (Wildman–Crippen LogP) is 1.96. The summed E-state index contributed by atoms with van der Waals surface area (Å²) in [5, 5.41) is 8.87. The van der Waals surface area contributed by atoms with Crippen molar-refractivity contribution in [2.45, 2.75) is 18.2 Å². The fourth-order valence-electron chi connectivity index (χ4n) is 4.57. The monoisotopic (exact) mass is 444 g/mol. The van der Waals surface area contributed by atoms with Crippen molar-refractivity contribution in [2.75, 3.05) is 44.3 Å². The van der Waals surface area contributed by atoms with Gasteiger partial charge in [-0.2, -0.15) is 0 Å². The number of anilines is 1. The Hall–Kier alpha value is -2.33. The summed E-state index contributed by atoms with van der Waals surface area (Å²) in [4.78, 5) is 20.3. The molecule has 3 heterocycles. The van der Waals surface area contributed by atoms with E-state index in [0.29, 0.717) is 26.2 Å². The maximum absolute atomic E-state index is 12.2. The molecule has 1 aromatic heterocycles. The van der Waals surface area contributed by atoms with Crippen molar-refractivity contribution >= 4 is 22.7 Å². The molecule has 2 aliphatic heterocycles. The standard InChI is InChI=1S/C22H27N3O5S/c26-21(27)22(7-14-30-15-8-22)20(31(28)29)25-12-10-24(11-13-25)19-5-3-17(4-6-19)18-2-1-9-23-16-18/h1-6,9,16,20H,7-8,10-15H2,(H,26,27)(H,28,29)/p-1. The number of pyridine rings is 1. The second-order valence-electron chi connectivity index (χ2n) is 8.00. The fraction of sp³-hybridized carbons (Fsp3) is 0.455. The molecule has 31 heavy (non-hydrogen) atoms. The largest absolute Gasteiger partial charge is 0.771 e. The van der Waals surface area contributed by atoms with Crippen LogP contribution in [0.3, 0.4) is 0 Å². The number of aromatic nitrogens is 1. The fourth-order valence-corrected chi connectivity index (χ4v) is 5.73. The molecule has 2 saturated heterocycles. The first kappa shape index (κ1) is 21.9. The highest BCUT2D eigenvalue weighted by molar-refractivity contribution is 7.79. The average molecular weight is 445 g/mol. The van der Waals surface area contributed by atoms with Gasteiger partial charge in [0.15, 0.2) is 0 Å². The molecule has 2 aliphatic rings. The minimum absolute atomic E-state index is 0.205. The van der Waals surface area contributed by atoms with Gasteiger partial charge in [-0.25, -0.2) is 0 Å². The third-order valence-corrected chi connectivity index (χ3v) is 7.45. The highest BCUT2D eigenvalue weighted by Crippen LogP contribution is 2.39. The van der Waals surface area contributed by atoms with E-state index in [-0.39, 0.29) is 26.1 Å². The van der Waals surface area contributed by atoms with Crippen LogP contribution in [-0.2, 0) is 20.6 Å². The van der Waals surface area contributed by atoms with Crippen LogP contribution in [0.1, 0.15) is 12.8 Å². The quantitative estimate of drug-likeness (QED) is 0.674. The van der Waals surface area contributed by atoms with Crippen LogP contribution in [-0.4, -0.2) is 74.5 Å². The Bertz CT molecular complexity index is 911. The Labute approximate surface area is 184 Å². The number of benzene rings is 1. The topological polar surface area (TPSA) is 106 Å². The van der Waals surface area contributed by atoms with Crippen molar-refractivity contribution in [1.29, 1.82) is 0 Å². The van der Waals surface area contributed by atoms with E-state index >= 15 is 0 Å². The summed E-state index contributed by atoms with van der Waals surface area (Å²) in [5.41, 5.74) is 1.87. The van der Waals surface area contributed by atoms with Crippen LogP contribution in [0, 0.1) is 5.41 Å². The Morgan fingerprint density at radius 1 is 1.10 bits per heavy atom. The predicted molar refractivity (Wildman–Crippen MR) is 116 cm³/mol.